The van der Waals surface area contributed by atoms with Crippen LogP contribution in [0.5, 0.6) is 0 Å². The number of nitrogens with one attached hydrogen (secondary N) is 2. The molecule has 2 unspecified atom stereocenters. The first-order valence-corrected chi connectivity index (χ1v) is 9.98. The smallest absolute Gasteiger partial charge is 0.228 e. The Kier molecular flexibility index (Phi) is 6.12. The van der Waals surface area contributed by atoms with E-state index in [2.05, 4.69) is 55.4 Å². The number of nitrogens with zero attached hydrogens (tertiary/aromatic N) is 1. The average molecular weight is 380 g/mol. The zero-order chi connectivity index (χ0) is 20.3. The second kappa shape index (κ2) is 8.55. The maximum absolute atomic E-state index is 12.8. The molecular formula is C23H29N3O2. The van der Waals surface area contributed by atoms with Gasteiger partial charge >= 0.3 is 0 Å². The van der Waals surface area contributed by atoms with E-state index in [1.165, 1.54) is 0 Å². The topological polar surface area (TPSA) is 71.1 Å². The lowest BCUT2D eigenvalue weighted by molar-refractivity contribution is -0.125. The largest absolute Gasteiger partial charge is 0.352 e. The van der Waals surface area contributed by atoms with E-state index in [0.29, 0.717) is 24.8 Å². The summed E-state index contributed by atoms with van der Waals surface area (Å²) in [5, 5.41) is 6.06. The molecule has 0 aliphatic heterocycles. The summed E-state index contributed by atoms with van der Waals surface area (Å²) < 4.78 is 0. The summed E-state index contributed by atoms with van der Waals surface area (Å²) in [6, 6.07) is 9.92. The summed E-state index contributed by atoms with van der Waals surface area (Å²) in [5.41, 5.74) is 4.19. The van der Waals surface area contributed by atoms with Gasteiger partial charge in [-0.2, -0.15) is 0 Å². The van der Waals surface area contributed by atoms with Crippen molar-refractivity contribution < 1.29 is 9.59 Å². The van der Waals surface area contributed by atoms with Crippen molar-refractivity contribution in [2.24, 2.45) is 11.8 Å². The van der Waals surface area contributed by atoms with Gasteiger partial charge in [0.05, 0.1) is 11.8 Å². The van der Waals surface area contributed by atoms with Crippen LogP contribution >= 0.6 is 0 Å². The second-order valence-electron chi connectivity index (χ2n) is 8.13. The van der Waals surface area contributed by atoms with Crippen LogP contribution in [0.2, 0.25) is 0 Å². The highest BCUT2D eigenvalue weighted by atomic mass is 16.2. The van der Waals surface area contributed by atoms with E-state index >= 15 is 0 Å². The predicted molar refractivity (Wildman–Crippen MR) is 111 cm³/mol. The van der Waals surface area contributed by atoms with E-state index in [4.69, 9.17) is 0 Å². The fraction of sp³-hybridized carbons (Fsp3) is 0.435. The number of benzene rings is 1. The number of aromatic nitrogens is 1. The van der Waals surface area contributed by atoms with Gasteiger partial charge in [-0.05, 0) is 47.1 Å². The zero-order valence-corrected chi connectivity index (χ0v) is 17.0. The van der Waals surface area contributed by atoms with E-state index < -0.39 is 0 Å². The van der Waals surface area contributed by atoms with Crippen molar-refractivity contribution in [2.75, 3.05) is 5.32 Å². The van der Waals surface area contributed by atoms with Gasteiger partial charge in [0.2, 0.25) is 11.8 Å². The summed E-state index contributed by atoms with van der Waals surface area (Å²) in [6.07, 6.45) is 4.01. The molecule has 1 fully saturated rings. The van der Waals surface area contributed by atoms with E-state index in [-0.39, 0.29) is 23.7 Å². The Morgan fingerprint density at radius 1 is 0.964 bits per heavy atom. The van der Waals surface area contributed by atoms with E-state index in [1.807, 2.05) is 18.2 Å². The molecule has 1 aromatic carbocycles. The number of anilines is 1. The Hall–Kier alpha value is -2.69. The van der Waals surface area contributed by atoms with Gasteiger partial charge in [0.25, 0.3) is 0 Å². The molecule has 5 nitrogen and oxygen atoms in total. The molecule has 1 aliphatic rings. The summed E-state index contributed by atoms with van der Waals surface area (Å²) in [7, 11) is 0. The second-order valence-corrected chi connectivity index (χ2v) is 8.13. The molecule has 2 aromatic rings. The first kappa shape index (κ1) is 20.1. The molecule has 0 spiro atoms. The summed E-state index contributed by atoms with van der Waals surface area (Å²) in [5.74, 6) is 0.0193. The van der Waals surface area contributed by atoms with E-state index in [9.17, 15) is 9.59 Å². The van der Waals surface area contributed by atoms with Gasteiger partial charge in [-0.1, -0.05) is 45.9 Å². The van der Waals surface area contributed by atoms with E-state index in [0.717, 1.165) is 22.4 Å². The Balaban J connectivity index is 1.63. The lowest BCUT2D eigenvalue weighted by Crippen LogP contribution is -2.27. The lowest BCUT2D eigenvalue weighted by Gasteiger charge is -2.20. The number of amides is 2. The highest BCUT2D eigenvalue weighted by molar-refractivity contribution is 6.00. The SMILES string of the molecule is CC(C)c1cccc(C(C)C)c1NC(=O)C1CC1C(=O)NCc1ccncc1. The molecule has 1 heterocycles. The van der Waals surface area contributed by atoms with Gasteiger partial charge in [-0.3, -0.25) is 14.6 Å². The van der Waals surface area contributed by atoms with Crippen LogP contribution in [0.15, 0.2) is 42.7 Å². The van der Waals surface area contributed by atoms with Crippen molar-refractivity contribution in [1.82, 2.24) is 10.3 Å². The molecule has 0 radical (unpaired) electrons. The van der Waals surface area contributed by atoms with Crippen molar-refractivity contribution >= 4 is 17.5 Å². The van der Waals surface area contributed by atoms with Crippen molar-refractivity contribution in [2.45, 2.75) is 52.5 Å². The first-order chi connectivity index (χ1) is 13.4. The predicted octanol–water partition coefficient (Wildman–Crippen LogP) is 4.22. The Morgan fingerprint density at radius 3 is 2.11 bits per heavy atom. The van der Waals surface area contributed by atoms with Gasteiger partial charge in [-0.25, -0.2) is 0 Å². The van der Waals surface area contributed by atoms with Gasteiger partial charge in [0, 0.05) is 24.6 Å². The molecule has 2 atom stereocenters. The number of rotatable bonds is 7. The standard InChI is InChI=1S/C23H29N3O2/c1-14(2)17-6-5-7-18(15(3)4)21(17)26-23(28)20-12-19(20)22(27)25-13-16-8-10-24-11-9-16/h5-11,14-15,19-20H,12-13H2,1-4H3,(H,25,27)(H,26,28). The minimum Gasteiger partial charge on any atom is -0.352 e. The number of hydrogen-bond acceptors (Lipinski definition) is 3. The molecule has 0 bridgehead atoms. The molecule has 3 rings (SSSR count). The van der Waals surface area contributed by atoms with Gasteiger partial charge in [0.15, 0.2) is 0 Å². The number of carbonyl (C=O) groups is 2. The quantitative estimate of drug-likeness (QED) is 0.757. The average Bonchev–Trinajstić information content (AvgIpc) is 3.47. The molecule has 1 saturated carbocycles. The molecule has 5 heteroatoms. The van der Waals surface area contributed by atoms with Crippen LogP contribution in [0.4, 0.5) is 5.69 Å². The third kappa shape index (κ3) is 4.58. The molecular weight excluding hydrogens is 350 g/mol. The fourth-order valence-electron chi connectivity index (χ4n) is 3.51. The summed E-state index contributed by atoms with van der Waals surface area (Å²) >= 11 is 0. The number of pyridine rings is 1. The van der Waals surface area contributed by atoms with E-state index in [1.54, 1.807) is 12.4 Å². The molecule has 28 heavy (non-hydrogen) atoms. The van der Waals surface area contributed by atoms with Gasteiger partial charge in [0.1, 0.15) is 0 Å². The minimum absolute atomic E-state index is 0.0564. The lowest BCUT2D eigenvalue weighted by atomic mass is 9.92. The molecule has 2 N–H and O–H groups in total. The Morgan fingerprint density at radius 2 is 1.54 bits per heavy atom. The molecule has 1 aromatic heterocycles. The summed E-state index contributed by atoms with van der Waals surface area (Å²) in [4.78, 5) is 29.2. The van der Waals surface area contributed by atoms with Crippen LogP contribution in [0, 0.1) is 11.8 Å². The summed E-state index contributed by atoms with van der Waals surface area (Å²) in [6.45, 7) is 8.96. The monoisotopic (exact) mass is 379 g/mol. The van der Waals surface area contributed by atoms with Crippen molar-refractivity contribution in [3.63, 3.8) is 0 Å². The highest BCUT2D eigenvalue weighted by Crippen LogP contribution is 2.41. The van der Waals surface area contributed by atoms with Crippen LogP contribution in [-0.2, 0) is 16.1 Å². The van der Waals surface area contributed by atoms with Crippen LogP contribution in [-0.4, -0.2) is 16.8 Å². The maximum Gasteiger partial charge on any atom is 0.228 e. The van der Waals surface area contributed by atoms with Gasteiger partial charge < -0.3 is 10.6 Å². The highest BCUT2D eigenvalue weighted by Gasteiger charge is 2.48. The van der Waals surface area contributed by atoms with Crippen molar-refractivity contribution in [3.05, 3.63) is 59.4 Å². The third-order valence-corrected chi connectivity index (χ3v) is 5.30. The van der Waals surface area contributed by atoms with Crippen LogP contribution < -0.4 is 10.6 Å². The van der Waals surface area contributed by atoms with Crippen molar-refractivity contribution in [3.8, 4) is 0 Å². The normalized spacial score (nSPS) is 18.2. The van der Waals surface area contributed by atoms with Crippen LogP contribution in [0.25, 0.3) is 0 Å². The van der Waals surface area contributed by atoms with Crippen LogP contribution in [0.1, 0.15) is 62.6 Å². The Bertz CT molecular complexity index is 820. The Labute approximate surface area is 167 Å². The van der Waals surface area contributed by atoms with Crippen LogP contribution in [0.3, 0.4) is 0 Å². The molecule has 2 amide bonds. The number of carbonyl (C=O) groups excluding carboxylic acids is 2. The number of para-hydroxylation sites is 1. The zero-order valence-electron chi connectivity index (χ0n) is 17.0. The molecule has 148 valence electrons. The van der Waals surface area contributed by atoms with Crippen molar-refractivity contribution in [1.29, 1.82) is 0 Å². The minimum atomic E-state index is -0.252. The number of hydrogen-bond donors (Lipinski definition) is 2. The first-order valence-electron chi connectivity index (χ1n) is 9.98. The third-order valence-electron chi connectivity index (χ3n) is 5.30. The molecule has 1 aliphatic carbocycles. The maximum atomic E-state index is 12.8. The molecule has 0 saturated heterocycles. The van der Waals surface area contributed by atoms with Gasteiger partial charge in [-0.15, -0.1) is 0 Å². The fourth-order valence-corrected chi connectivity index (χ4v) is 3.51.